The molecule has 2 aromatic rings. The average molecular weight is 393 g/mol. The molecule has 0 spiro atoms. The van der Waals surface area contributed by atoms with Crippen LogP contribution in [0.4, 0.5) is 4.39 Å². The van der Waals surface area contributed by atoms with E-state index in [-0.39, 0.29) is 5.82 Å². The predicted molar refractivity (Wildman–Crippen MR) is 111 cm³/mol. The SMILES string of the molecule is CSCCCNC(=NCc1nnc(C)n1C)NCCc1ccc(F)cc1C. The molecule has 0 unspecified atom stereocenters. The summed E-state index contributed by atoms with van der Waals surface area (Å²) in [5.74, 6) is 3.37. The molecule has 0 bridgehead atoms. The first-order valence-corrected chi connectivity index (χ1v) is 10.5. The molecular weight excluding hydrogens is 363 g/mol. The van der Waals surface area contributed by atoms with Crippen molar-refractivity contribution in [3.63, 3.8) is 0 Å². The number of aryl methyl sites for hydroxylation is 2. The fourth-order valence-corrected chi connectivity index (χ4v) is 3.02. The Kier molecular flexibility index (Phi) is 8.57. The van der Waals surface area contributed by atoms with Crippen LogP contribution in [0, 0.1) is 19.7 Å². The fourth-order valence-electron chi connectivity index (χ4n) is 2.59. The van der Waals surface area contributed by atoms with Gasteiger partial charge in [0.05, 0.1) is 0 Å². The van der Waals surface area contributed by atoms with Crippen LogP contribution in [0.1, 0.15) is 29.2 Å². The van der Waals surface area contributed by atoms with Crippen LogP contribution in [0.3, 0.4) is 0 Å². The average Bonchev–Trinajstić information content (AvgIpc) is 2.96. The van der Waals surface area contributed by atoms with Crippen LogP contribution in [0.15, 0.2) is 23.2 Å². The quantitative estimate of drug-likeness (QED) is 0.390. The Morgan fingerprint density at radius 1 is 1.22 bits per heavy atom. The summed E-state index contributed by atoms with van der Waals surface area (Å²) in [7, 11) is 1.94. The number of hydrogen-bond donors (Lipinski definition) is 2. The van der Waals surface area contributed by atoms with Gasteiger partial charge in [-0.05, 0) is 62.0 Å². The maximum Gasteiger partial charge on any atom is 0.191 e. The van der Waals surface area contributed by atoms with E-state index in [1.165, 1.54) is 6.07 Å². The summed E-state index contributed by atoms with van der Waals surface area (Å²) in [5.41, 5.74) is 2.10. The third kappa shape index (κ3) is 6.86. The van der Waals surface area contributed by atoms with Crippen molar-refractivity contribution in [3.8, 4) is 0 Å². The second-order valence-corrected chi connectivity index (χ2v) is 7.39. The van der Waals surface area contributed by atoms with Crippen LogP contribution >= 0.6 is 11.8 Å². The number of guanidine groups is 1. The highest BCUT2D eigenvalue weighted by Gasteiger charge is 2.06. The van der Waals surface area contributed by atoms with E-state index < -0.39 is 0 Å². The lowest BCUT2D eigenvalue weighted by Gasteiger charge is -2.13. The highest BCUT2D eigenvalue weighted by molar-refractivity contribution is 7.98. The van der Waals surface area contributed by atoms with Crippen molar-refractivity contribution in [1.29, 1.82) is 0 Å². The van der Waals surface area contributed by atoms with Crippen LogP contribution in [0.2, 0.25) is 0 Å². The monoisotopic (exact) mass is 392 g/mol. The molecule has 148 valence electrons. The first kappa shape index (κ1) is 21.2. The summed E-state index contributed by atoms with van der Waals surface area (Å²) < 4.78 is 15.2. The van der Waals surface area contributed by atoms with E-state index >= 15 is 0 Å². The van der Waals surface area contributed by atoms with Crippen molar-refractivity contribution in [2.24, 2.45) is 12.0 Å². The van der Waals surface area contributed by atoms with Gasteiger partial charge in [-0.15, -0.1) is 10.2 Å². The second kappa shape index (κ2) is 10.9. The van der Waals surface area contributed by atoms with Gasteiger partial charge < -0.3 is 15.2 Å². The maximum atomic E-state index is 13.2. The van der Waals surface area contributed by atoms with Crippen molar-refractivity contribution in [3.05, 3.63) is 46.8 Å². The molecule has 0 amide bonds. The van der Waals surface area contributed by atoms with Crippen molar-refractivity contribution in [2.75, 3.05) is 25.1 Å². The van der Waals surface area contributed by atoms with Gasteiger partial charge in [0, 0.05) is 20.1 Å². The number of benzene rings is 1. The van der Waals surface area contributed by atoms with Crippen LogP contribution in [-0.4, -0.2) is 45.8 Å². The third-order valence-corrected chi connectivity index (χ3v) is 5.07. The van der Waals surface area contributed by atoms with E-state index in [0.29, 0.717) is 6.54 Å². The smallest absolute Gasteiger partial charge is 0.191 e. The first-order valence-electron chi connectivity index (χ1n) is 9.12. The van der Waals surface area contributed by atoms with Gasteiger partial charge in [-0.3, -0.25) is 0 Å². The number of aromatic nitrogens is 3. The first-order chi connectivity index (χ1) is 13.0. The summed E-state index contributed by atoms with van der Waals surface area (Å²) in [6.07, 6.45) is 3.98. The molecule has 0 radical (unpaired) electrons. The number of nitrogens with zero attached hydrogens (tertiary/aromatic N) is 4. The molecule has 0 aliphatic carbocycles. The molecule has 2 N–H and O–H groups in total. The van der Waals surface area contributed by atoms with Crippen LogP contribution in [0.5, 0.6) is 0 Å². The van der Waals surface area contributed by atoms with Gasteiger partial charge in [0.1, 0.15) is 18.2 Å². The minimum Gasteiger partial charge on any atom is -0.356 e. The third-order valence-electron chi connectivity index (χ3n) is 4.37. The zero-order valence-corrected chi connectivity index (χ0v) is 17.4. The number of rotatable bonds is 9. The predicted octanol–water partition coefficient (Wildman–Crippen LogP) is 2.60. The van der Waals surface area contributed by atoms with Gasteiger partial charge in [0.25, 0.3) is 0 Å². The van der Waals surface area contributed by atoms with Gasteiger partial charge in [-0.25, -0.2) is 9.38 Å². The van der Waals surface area contributed by atoms with E-state index in [4.69, 9.17) is 0 Å². The summed E-state index contributed by atoms with van der Waals surface area (Å²) in [5, 5.41) is 15.0. The number of nitrogens with one attached hydrogen (secondary N) is 2. The lowest BCUT2D eigenvalue weighted by atomic mass is 10.1. The zero-order chi connectivity index (χ0) is 19.6. The molecule has 0 aliphatic heterocycles. The minimum atomic E-state index is -0.194. The molecule has 2 rings (SSSR count). The normalized spacial score (nSPS) is 11.7. The summed E-state index contributed by atoms with van der Waals surface area (Å²) in [6, 6.07) is 4.92. The summed E-state index contributed by atoms with van der Waals surface area (Å²) in [4.78, 5) is 4.64. The van der Waals surface area contributed by atoms with Crippen molar-refractivity contribution >= 4 is 17.7 Å². The van der Waals surface area contributed by atoms with E-state index in [0.717, 1.165) is 60.4 Å². The lowest BCUT2D eigenvalue weighted by Crippen LogP contribution is -2.39. The molecule has 6 nitrogen and oxygen atoms in total. The van der Waals surface area contributed by atoms with Crippen LogP contribution in [0.25, 0.3) is 0 Å². The Hall–Kier alpha value is -2.09. The lowest BCUT2D eigenvalue weighted by molar-refractivity contribution is 0.625. The fraction of sp³-hybridized carbons (Fsp3) is 0.526. The largest absolute Gasteiger partial charge is 0.356 e. The topological polar surface area (TPSA) is 67.1 Å². The Bertz CT molecular complexity index is 759. The molecular formula is C19H29FN6S. The Morgan fingerprint density at radius 2 is 2.00 bits per heavy atom. The number of halogens is 1. The van der Waals surface area contributed by atoms with Gasteiger partial charge in [0.2, 0.25) is 0 Å². The molecule has 1 aromatic carbocycles. The van der Waals surface area contributed by atoms with E-state index in [1.807, 2.05) is 43.3 Å². The van der Waals surface area contributed by atoms with E-state index in [9.17, 15) is 4.39 Å². The second-order valence-electron chi connectivity index (χ2n) is 6.41. The number of thioether (sulfide) groups is 1. The Balaban J connectivity index is 1.94. The van der Waals surface area contributed by atoms with Crippen LogP contribution in [-0.2, 0) is 20.0 Å². The molecule has 1 heterocycles. The van der Waals surface area contributed by atoms with Gasteiger partial charge in [-0.2, -0.15) is 11.8 Å². The molecule has 0 atom stereocenters. The van der Waals surface area contributed by atoms with Gasteiger partial charge in [-0.1, -0.05) is 6.07 Å². The Labute approximate surface area is 165 Å². The van der Waals surface area contributed by atoms with Gasteiger partial charge >= 0.3 is 0 Å². The van der Waals surface area contributed by atoms with Crippen molar-refractivity contribution in [2.45, 2.75) is 33.2 Å². The van der Waals surface area contributed by atoms with E-state index in [2.05, 4.69) is 32.1 Å². The molecule has 1 aromatic heterocycles. The maximum absolute atomic E-state index is 13.2. The van der Waals surface area contributed by atoms with Gasteiger partial charge in [0.15, 0.2) is 11.8 Å². The highest BCUT2D eigenvalue weighted by atomic mass is 32.2. The highest BCUT2D eigenvalue weighted by Crippen LogP contribution is 2.10. The number of aliphatic imine (C=N–C) groups is 1. The summed E-state index contributed by atoms with van der Waals surface area (Å²) in [6.45, 7) is 5.90. The van der Waals surface area contributed by atoms with Crippen LogP contribution < -0.4 is 10.6 Å². The molecule has 0 fully saturated rings. The molecule has 8 heteroatoms. The minimum absolute atomic E-state index is 0.194. The molecule has 0 saturated heterocycles. The standard InChI is InChI=1S/C19H29FN6S/c1-14-12-17(20)7-6-16(14)8-10-22-19(21-9-5-11-27-4)23-13-18-25-24-15(2)26(18)3/h6-7,12H,5,8-11,13H2,1-4H3,(H2,21,22,23). The molecule has 27 heavy (non-hydrogen) atoms. The van der Waals surface area contributed by atoms with Crippen molar-refractivity contribution in [1.82, 2.24) is 25.4 Å². The van der Waals surface area contributed by atoms with E-state index in [1.54, 1.807) is 6.07 Å². The Morgan fingerprint density at radius 3 is 2.67 bits per heavy atom. The summed E-state index contributed by atoms with van der Waals surface area (Å²) >= 11 is 1.83. The zero-order valence-electron chi connectivity index (χ0n) is 16.5. The molecule has 0 aliphatic rings. The van der Waals surface area contributed by atoms with Crippen molar-refractivity contribution < 1.29 is 4.39 Å². The molecule has 0 saturated carbocycles. The number of hydrogen-bond acceptors (Lipinski definition) is 4.